The third-order valence-corrected chi connectivity index (χ3v) is 2.56. The molecule has 1 heterocycles. The van der Waals surface area contributed by atoms with Crippen LogP contribution in [0.3, 0.4) is 0 Å². The highest BCUT2D eigenvalue weighted by Crippen LogP contribution is 2.05. The molecular formula is C11H14N4O2S. The van der Waals surface area contributed by atoms with E-state index in [9.17, 15) is 9.59 Å². The van der Waals surface area contributed by atoms with Crippen LogP contribution in [0.4, 0.5) is 0 Å². The normalized spacial score (nSPS) is 10.8. The molecule has 6 nitrogen and oxygen atoms in total. The Morgan fingerprint density at radius 1 is 1.33 bits per heavy atom. The van der Waals surface area contributed by atoms with E-state index in [1.54, 1.807) is 6.07 Å². The van der Waals surface area contributed by atoms with Crippen LogP contribution in [-0.4, -0.2) is 27.3 Å². The van der Waals surface area contributed by atoms with Crippen molar-refractivity contribution in [1.82, 2.24) is 10.3 Å². The van der Waals surface area contributed by atoms with Gasteiger partial charge in [-0.15, -0.1) is 0 Å². The zero-order chi connectivity index (χ0) is 13.9. The molecule has 0 unspecified atom stereocenters. The van der Waals surface area contributed by atoms with Gasteiger partial charge in [0.1, 0.15) is 16.2 Å². The van der Waals surface area contributed by atoms with Gasteiger partial charge in [0.25, 0.3) is 5.91 Å². The second kappa shape index (κ2) is 5.09. The average molecular weight is 266 g/mol. The molecule has 0 atom stereocenters. The van der Waals surface area contributed by atoms with Gasteiger partial charge >= 0.3 is 0 Å². The summed E-state index contributed by atoms with van der Waals surface area (Å²) in [6, 6.07) is 3.06. The highest BCUT2D eigenvalue weighted by atomic mass is 32.1. The van der Waals surface area contributed by atoms with Crippen LogP contribution in [0.5, 0.6) is 0 Å². The summed E-state index contributed by atoms with van der Waals surface area (Å²) in [5.74, 6) is -1.12. The highest BCUT2D eigenvalue weighted by Gasteiger charge is 2.27. The van der Waals surface area contributed by atoms with Crippen molar-refractivity contribution in [3.8, 4) is 0 Å². The Morgan fingerprint density at radius 3 is 2.33 bits per heavy atom. The van der Waals surface area contributed by atoms with E-state index in [-0.39, 0.29) is 10.7 Å². The van der Waals surface area contributed by atoms with Crippen molar-refractivity contribution in [3.05, 3.63) is 29.6 Å². The van der Waals surface area contributed by atoms with E-state index in [0.717, 1.165) is 0 Å². The molecule has 1 rings (SSSR count). The van der Waals surface area contributed by atoms with E-state index in [0.29, 0.717) is 5.56 Å². The molecule has 96 valence electrons. The Morgan fingerprint density at radius 2 is 1.94 bits per heavy atom. The van der Waals surface area contributed by atoms with Gasteiger partial charge in [-0.1, -0.05) is 12.2 Å². The number of amides is 2. The van der Waals surface area contributed by atoms with Crippen LogP contribution in [0.2, 0.25) is 0 Å². The number of pyridine rings is 1. The van der Waals surface area contributed by atoms with Crippen molar-refractivity contribution < 1.29 is 9.59 Å². The van der Waals surface area contributed by atoms with E-state index in [4.69, 9.17) is 23.7 Å². The number of thiocarbonyl (C=S) groups is 1. The van der Waals surface area contributed by atoms with Crippen molar-refractivity contribution >= 4 is 29.0 Å². The largest absolute Gasteiger partial charge is 0.389 e. The standard InChI is InChI=1S/C11H14N4O2S/c1-11(2,10(13)17)15-9(16)7-4-3-6(5-14-7)8(12)18/h3-5H,1-2H3,(H2,12,18)(H2,13,17)(H,15,16). The molecular weight excluding hydrogens is 252 g/mol. The lowest BCUT2D eigenvalue weighted by molar-refractivity contribution is -0.122. The molecule has 1 aromatic heterocycles. The quantitative estimate of drug-likeness (QED) is 0.648. The lowest BCUT2D eigenvalue weighted by Gasteiger charge is -2.21. The number of nitrogens with one attached hydrogen (secondary N) is 1. The number of primary amides is 1. The van der Waals surface area contributed by atoms with Crippen LogP contribution in [0.25, 0.3) is 0 Å². The SMILES string of the molecule is CC(C)(NC(=O)c1ccc(C(N)=S)cn1)C(N)=O. The Balaban J connectivity index is 2.86. The third-order valence-electron chi connectivity index (χ3n) is 2.32. The van der Waals surface area contributed by atoms with E-state index in [2.05, 4.69) is 10.3 Å². The average Bonchev–Trinajstić information content (AvgIpc) is 2.28. The number of nitrogens with two attached hydrogens (primary N) is 2. The molecule has 7 heteroatoms. The number of rotatable bonds is 4. The van der Waals surface area contributed by atoms with Gasteiger partial charge in [-0.25, -0.2) is 0 Å². The fraction of sp³-hybridized carbons (Fsp3) is 0.273. The second-order valence-electron chi connectivity index (χ2n) is 4.24. The second-order valence-corrected chi connectivity index (χ2v) is 4.68. The van der Waals surface area contributed by atoms with E-state index in [1.807, 2.05) is 0 Å². The summed E-state index contributed by atoms with van der Waals surface area (Å²) >= 11 is 4.77. The van der Waals surface area contributed by atoms with Crippen LogP contribution >= 0.6 is 12.2 Å². The van der Waals surface area contributed by atoms with Crippen LogP contribution in [0, 0.1) is 0 Å². The topological polar surface area (TPSA) is 111 Å². The Labute approximate surface area is 110 Å². The molecule has 5 N–H and O–H groups in total. The highest BCUT2D eigenvalue weighted by molar-refractivity contribution is 7.80. The summed E-state index contributed by atoms with van der Waals surface area (Å²) in [5.41, 5.74) is 10.1. The molecule has 0 saturated carbocycles. The zero-order valence-corrected chi connectivity index (χ0v) is 10.9. The lowest BCUT2D eigenvalue weighted by Crippen LogP contribution is -2.53. The lowest BCUT2D eigenvalue weighted by atomic mass is 10.0. The molecule has 0 aromatic carbocycles. The summed E-state index contributed by atoms with van der Waals surface area (Å²) in [4.78, 5) is 27.0. The van der Waals surface area contributed by atoms with Gasteiger partial charge in [-0.3, -0.25) is 14.6 Å². The van der Waals surface area contributed by atoms with Crippen molar-refractivity contribution in [2.75, 3.05) is 0 Å². The molecule has 0 aliphatic heterocycles. The first-order chi connectivity index (χ1) is 8.24. The number of carbonyl (C=O) groups excluding carboxylic acids is 2. The number of hydrogen-bond acceptors (Lipinski definition) is 4. The zero-order valence-electron chi connectivity index (χ0n) is 10.1. The Kier molecular flexibility index (Phi) is 3.97. The van der Waals surface area contributed by atoms with Gasteiger partial charge in [0, 0.05) is 11.8 Å². The fourth-order valence-corrected chi connectivity index (χ4v) is 1.20. The molecule has 0 saturated heterocycles. The predicted octanol–water partition coefficient (Wildman–Crippen LogP) is -0.291. The van der Waals surface area contributed by atoms with Gasteiger partial charge < -0.3 is 16.8 Å². The number of aromatic nitrogens is 1. The van der Waals surface area contributed by atoms with Gasteiger partial charge in [-0.05, 0) is 26.0 Å². The molecule has 0 radical (unpaired) electrons. The fourth-order valence-electron chi connectivity index (χ4n) is 1.08. The van der Waals surface area contributed by atoms with Gasteiger partial charge in [0.05, 0.1) is 0 Å². The summed E-state index contributed by atoms with van der Waals surface area (Å²) in [6.45, 7) is 3.02. The van der Waals surface area contributed by atoms with Crippen LogP contribution in [-0.2, 0) is 4.79 Å². The van der Waals surface area contributed by atoms with Gasteiger partial charge in [0.2, 0.25) is 5.91 Å². The maximum Gasteiger partial charge on any atom is 0.270 e. The first kappa shape index (κ1) is 14.0. The minimum atomic E-state index is -1.14. The van der Waals surface area contributed by atoms with Crippen molar-refractivity contribution in [2.45, 2.75) is 19.4 Å². The molecule has 0 aliphatic rings. The maximum absolute atomic E-state index is 11.8. The van der Waals surface area contributed by atoms with Crippen molar-refractivity contribution in [1.29, 1.82) is 0 Å². The minimum Gasteiger partial charge on any atom is -0.389 e. The number of nitrogens with zero attached hydrogens (tertiary/aromatic N) is 1. The Bertz CT molecular complexity index is 496. The van der Waals surface area contributed by atoms with Crippen LogP contribution < -0.4 is 16.8 Å². The molecule has 18 heavy (non-hydrogen) atoms. The smallest absolute Gasteiger partial charge is 0.270 e. The Hall–Kier alpha value is -2.02. The molecule has 2 amide bonds. The molecule has 0 spiro atoms. The molecule has 0 bridgehead atoms. The predicted molar refractivity (Wildman–Crippen MR) is 70.9 cm³/mol. The molecule has 0 fully saturated rings. The first-order valence-electron chi connectivity index (χ1n) is 5.12. The molecule has 0 aliphatic carbocycles. The van der Waals surface area contributed by atoms with Gasteiger partial charge in [0.15, 0.2) is 0 Å². The van der Waals surface area contributed by atoms with E-state index in [1.165, 1.54) is 26.1 Å². The van der Waals surface area contributed by atoms with Crippen LogP contribution in [0.1, 0.15) is 29.9 Å². The summed E-state index contributed by atoms with van der Waals surface area (Å²) in [6.07, 6.45) is 1.40. The van der Waals surface area contributed by atoms with Crippen molar-refractivity contribution in [3.63, 3.8) is 0 Å². The van der Waals surface area contributed by atoms with E-state index >= 15 is 0 Å². The summed E-state index contributed by atoms with van der Waals surface area (Å²) in [7, 11) is 0. The third kappa shape index (κ3) is 3.24. The maximum atomic E-state index is 11.8. The monoisotopic (exact) mass is 266 g/mol. The van der Waals surface area contributed by atoms with Crippen molar-refractivity contribution in [2.24, 2.45) is 11.5 Å². The van der Waals surface area contributed by atoms with E-state index < -0.39 is 17.4 Å². The van der Waals surface area contributed by atoms with Crippen LogP contribution in [0.15, 0.2) is 18.3 Å². The summed E-state index contributed by atoms with van der Waals surface area (Å²) in [5, 5.41) is 2.48. The first-order valence-corrected chi connectivity index (χ1v) is 5.53. The number of carbonyl (C=O) groups is 2. The minimum absolute atomic E-state index is 0.157. The summed E-state index contributed by atoms with van der Waals surface area (Å²) < 4.78 is 0. The molecule has 1 aromatic rings. The number of hydrogen-bond donors (Lipinski definition) is 3. The van der Waals surface area contributed by atoms with Gasteiger partial charge in [-0.2, -0.15) is 0 Å².